The van der Waals surface area contributed by atoms with E-state index in [4.69, 9.17) is 4.74 Å². The van der Waals surface area contributed by atoms with Gasteiger partial charge in [0.05, 0.1) is 5.92 Å². The minimum absolute atomic E-state index is 0.000249. The van der Waals surface area contributed by atoms with Crippen LogP contribution in [0.4, 0.5) is 0 Å². The summed E-state index contributed by atoms with van der Waals surface area (Å²) in [6, 6.07) is 0. The molecule has 0 saturated carbocycles. The molecule has 21 heavy (non-hydrogen) atoms. The number of carbonyl (C=O) groups excluding carboxylic acids is 5. The van der Waals surface area contributed by atoms with E-state index in [1.165, 1.54) is 6.92 Å². The summed E-state index contributed by atoms with van der Waals surface area (Å²) in [6.45, 7) is 4.66. The van der Waals surface area contributed by atoms with Crippen molar-refractivity contribution in [3.8, 4) is 0 Å². The average molecular weight is 296 g/mol. The number of carbonyl (C=O) groups is 5. The van der Waals surface area contributed by atoms with Gasteiger partial charge in [-0.05, 0) is 6.92 Å². The van der Waals surface area contributed by atoms with Crippen LogP contribution in [0.5, 0.6) is 0 Å². The number of rotatable bonds is 12. The van der Waals surface area contributed by atoms with Crippen LogP contribution >= 0.6 is 0 Å². The van der Waals surface area contributed by atoms with E-state index in [0.717, 1.165) is 0 Å². The van der Waals surface area contributed by atoms with E-state index in [1.807, 2.05) is 0 Å². The molecular weight excluding hydrogens is 276 g/mol. The zero-order valence-corrected chi connectivity index (χ0v) is 12.1. The van der Waals surface area contributed by atoms with E-state index in [2.05, 4.69) is 6.58 Å². The SMILES string of the molecule is C=C(C)C(=O)OCC(CC(=O)CCC=O)C(=O)CCC=O. The maximum Gasteiger partial charge on any atom is 0.333 e. The highest BCUT2D eigenvalue weighted by Gasteiger charge is 2.23. The van der Waals surface area contributed by atoms with Crippen molar-refractivity contribution in [1.29, 1.82) is 0 Å². The number of hydrogen-bond acceptors (Lipinski definition) is 6. The molecule has 0 heterocycles. The minimum Gasteiger partial charge on any atom is -0.462 e. The van der Waals surface area contributed by atoms with E-state index in [9.17, 15) is 24.0 Å². The van der Waals surface area contributed by atoms with Crippen molar-refractivity contribution < 1.29 is 28.7 Å². The van der Waals surface area contributed by atoms with E-state index in [1.54, 1.807) is 0 Å². The van der Waals surface area contributed by atoms with Gasteiger partial charge in [-0.15, -0.1) is 0 Å². The van der Waals surface area contributed by atoms with Gasteiger partial charge in [0.2, 0.25) is 0 Å². The third-order valence-electron chi connectivity index (χ3n) is 2.74. The Morgan fingerprint density at radius 2 is 1.67 bits per heavy atom. The van der Waals surface area contributed by atoms with E-state index in [-0.39, 0.29) is 55.9 Å². The van der Waals surface area contributed by atoms with Gasteiger partial charge >= 0.3 is 5.97 Å². The number of Topliss-reactive ketones (excluding diaryl/α,β-unsaturated/α-hetero) is 2. The monoisotopic (exact) mass is 296 g/mol. The Balaban J connectivity index is 4.59. The second-order valence-electron chi connectivity index (χ2n) is 4.70. The van der Waals surface area contributed by atoms with Gasteiger partial charge in [-0.25, -0.2) is 4.79 Å². The third kappa shape index (κ3) is 8.62. The predicted octanol–water partition coefficient (Wildman–Crippen LogP) is 1.21. The summed E-state index contributed by atoms with van der Waals surface area (Å²) in [5, 5.41) is 0. The van der Waals surface area contributed by atoms with E-state index in [0.29, 0.717) is 12.6 Å². The molecule has 6 heteroatoms. The average Bonchev–Trinajstić information content (AvgIpc) is 2.46. The Morgan fingerprint density at radius 1 is 1.10 bits per heavy atom. The minimum atomic E-state index is -0.785. The highest BCUT2D eigenvalue weighted by molar-refractivity contribution is 5.90. The number of ether oxygens (including phenoxy) is 1. The molecule has 0 saturated heterocycles. The van der Waals surface area contributed by atoms with Gasteiger partial charge in [0.25, 0.3) is 0 Å². The smallest absolute Gasteiger partial charge is 0.333 e. The fourth-order valence-electron chi connectivity index (χ4n) is 1.57. The molecule has 0 aromatic carbocycles. The normalized spacial score (nSPS) is 11.3. The van der Waals surface area contributed by atoms with Gasteiger partial charge < -0.3 is 14.3 Å². The zero-order chi connectivity index (χ0) is 16.3. The summed E-state index contributed by atoms with van der Waals surface area (Å²) < 4.78 is 4.90. The van der Waals surface area contributed by atoms with Crippen LogP contribution in [-0.4, -0.2) is 36.7 Å². The molecule has 0 aliphatic rings. The first-order chi connectivity index (χ1) is 9.92. The summed E-state index contributed by atoms with van der Waals surface area (Å²) in [5.41, 5.74) is 0.196. The Hall–Kier alpha value is -2.11. The standard InChI is InChI=1S/C15H20O6/c1-11(2)15(20)21-10-12(14(19)6-4-8-17)9-13(18)5-3-7-16/h7-8,12H,1,3-6,9-10H2,2H3. The molecule has 116 valence electrons. The molecule has 0 bridgehead atoms. The van der Waals surface area contributed by atoms with Crippen molar-refractivity contribution in [1.82, 2.24) is 0 Å². The zero-order valence-electron chi connectivity index (χ0n) is 12.1. The van der Waals surface area contributed by atoms with E-state index >= 15 is 0 Å². The summed E-state index contributed by atoms with van der Waals surface area (Å²) in [6.07, 6.45) is 1.35. The van der Waals surface area contributed by atoms with Crippen molar-refractivity contribution in [2.45, 2.75) is 39.0 Å². The molecule has 0 rings (SSSR count). The first-order valence-electron chi connectivity index (χ1n) is 6.66. The second kappa shape index (κ2) is 10.7. The molecule has 0 aliphatic carbocycles. The van der Waals surface area contributed by atoms with Crippen molar-refractivity contribution in [3.63, 3.8) is 0 Å². The Morgan fingerprint density at radius 3 is 2.19 bits per heavy atom. The molecule has 0 spiro atoms. The molecule has 0 aromatic heterocycles. The quantitative estimate of drug-likeness (QED) is 0.305. The van der Waals surface area contributed by atoms with Crippen LogP contribution in [0.1, 0.15) is 39.0 Å². The van der Waals surface area contributed by atoms with Crippen molar-refractivity contribution in [2.24, 2.45) is 5.92 Å². The molecule has 0 aromatic rings. The highest BCUT2D eigenvalue weighted by atomic mass is 16.5. The van der Waals surface area contributed by atoms with Gasteiger partial charge in [0.1, 0.15) is 30.7 Å². The van der Waals surface area contributed by atoms with Gasteiger partial charge in [0, 0.05) is 37.7 Å². The van der Waals surface area contributed by atoms with Crippen molar-refractivity contribution >= 4 is 30.1 Å². The molecule has 0 fully saturated rings. The summed E-state index contributed by atoms with van der Waals surface area (Å²) in [7, 11) is 0. The summed E-state index contributed by atoms with van der Waals surface area (Å²) >= 11 is 0. The van der Waals surface area contributed by atoms with Crippen LogP contribution in [0.25, 0.3) is 0 Å². The van der Waals surface area contributed by atoms with Crippen molar-refractivity contribution in [3.05, 3.63) is 12.2 Å². The van der Waals surface area contributed by atoms with Crippen LogP contribution in [0.15, 0.2) is 12.2 Å². The van der Waals surface area contributed by atoms with Gasteiger partial charge in [0.15, 0.2) is 0 Å². The maximum absolute atomic E-state index is 11.9. The van der Waals surface area contributed by atoms with Gasteiger partial charge in [-0.2, -0.15) is 0 Å². The summed E-state index contributed by atoms with van der Waals surface area (Å²) in [4.78, 5) is 55.4. The lowest BCUT2D eigenvalue weighted by Gasteiger charge is -2.15. The molecule has 0 radical (unpaired) electrons. The highest BCUT2D eigenvalue weighted by Crippen LogP contribution is 2.13. The Bertz CT molecular complexity index is 424. The maximum atomic E-state index is 11.9. The van der Waals surface area contributed by atoms with E-state index < -0.39 is 11.9 Å². The number of esters is 1. The van der Waals surface area contributed by atoms with Crippen LogP contribution in [-0.2, 0) is 28.7 Å². The lowest BCUT2D eigenvalue weighted by molar-refractivity contribution is -0.143. The predicted molar refractivity (Wildman–Crippen MR) is 74.5 cm³/mol. The molecule has 6 nitrogen and oxygen atoms in total. The second-order valence-corrected chi connectivity index (χ2v) is 4.70. The summed E-state index contributed by atoms with van der Waals surface area (Å²) in [5.74, 6) is -1.98. The fourth-order valence-corrected chi connectivity index (χ4v) is 1.57. The molecular formula is C15H20O6. The molecule has 0 amide bonds. The van der Waals surface area contributed by atoms with Crippen LogP contribution in [0, 0.1) is 5.92 Å². The molecule has 0 aliphatic heterocycles. The number of ketones is 2. The molecule has 1 atom stereocenters. The Labute approximate surface area is 123 Å². The number of hydrogen-bond donors (Lipinski definition) is 0. The first-order valence-corrected chi connectivity index (χ1v) is 6.66. The largest absolute Gasteiger partial charge is 0.462 e. The van der Waals surface area contributed by atoms with Crippen LogP contribution < -0.4 is 0 Å². The lowest BCUT2D eigenvalue weighted by atomic mass is 9.94. The Kier molecular flexibility index (Phi) is 9.58. The lowest BCUT2D eigenvalue weighted by Crippen LogP contribution is -2.25. The van der Waals surface area contributed by atoms with Crippen molar-refractivity contribution in [2.75, 3.05) is 6.61 Å². The molecule has 1 unspecified atom stereocenters. The molecule has 0 N–H and O–H groups in total. The fraction of sp³-hybridized carbons (Fsp3) is 0.533. The van der Waals surface area contributed by atoms with Crippen LogP contribution in [0.3, 0.4) is 0 Å². The first kappa shape index (κ1) is 18.9. The van der Waals surface area contributed by atoms with Gasteiger partial charge in [-0.1, -0.05) is 6.58 Å². The number of aldehydes is 2. The third-order valence-corrected chi connectivity index (χ3v) is 2.74. The topological polar surface area (TPSA) is 94.6 Å². The van der Waals surface area contributed by atoms with Gasteiger partial charge in [-0.3, -0.25) is 9.59 Å². The van der Waals surface area contributed by atoms with Crippen LogP contribution in [0.2, 0.25) is 0 Å².